The third-order valence-electron chi connectivity index (χ3n) is 0.940. The summed E-state index contributed by atoms with van der Waals surface area (Å²) in [6.07, 6.45) is 1.29. The minimum absolute atomic E-state index is 1.05. The highest BCUT2D eigenvalue weighted by Crippen LogP contribution is 1.85. The molecule has 0 aromatic carbocycles. The molecule has 0 aromatic heterocycles. The van der Waals surface area contributed by atoms with Crippen molar-refractivity contribution in [2.24, 2.45) is 4.99 Å². The molecule has 0 rings (SSSR count). The Morgan fingerprint density at radius 2 is 2.12 bits per heavy atom. The van der Waals surface area contributed by atoms with Crippen LogP contribution in [0, 0.1) is 0 Å². The normalized spacial score (nSPS) is 9.25. The second-order valence-corrected chi connectivity index (χ2v) is 3.18. The molecule has 0 bridgehead atoms. The molecule has 0 radical (unpaired) electrons. The lowest BCUT2D eigenvalue weighted by atomic mass is 10.4. The zero-order valence-corrected chi connectivity index (χ0v) is 8.07. The lowest BCUT2D eigenvalue weighted by molar-refractivity contribution is 0.928. The molecule has 2 heteroatoms. The van der Waals surface area contributed by atoms with Crippen LogP contribution < -0.4 is 0 Å². The SMILES string of the molecule is CC(C)=NCCC[SiH3]. The lowest BCUT2D eigenvalue weighted by Gasteiger charge is -1.89. The number of hydrogen-bond donors (Lipinski definition) is 0. The lowest BCUT2D eigenvalue weighted by Crippen LogP contribution is -1.85. The summed E-state index contributed by atoms with van der Waals surface area (Å²) in [4.78, 5) is 4.25. The van der Waals surface area contributed by atoms with Crippen LogP contribution >= 0.6 is 0 Å². The second-order valence-electron chi connectivity index (χ2n) is 2.18. The first-order chi connectivity index (χ1) is 3.77. The summed E-state index contributed by atoms with van der Waals surface area (Å²) >= 11 is 0. The van der Waals surface area contributed by atoms with Gasteiger partial charge in [-0.1, -0.05) is 6.04 Å². The van der Waals surface area contributed by atoms with Crippen molar-refractivity contribution in [3.63, 3.8) is 0 Å². The van der Waals surface area contributed by atoms with Crippen LogP contribution in [0.3, 0.4) is 0 Å². The van der Waals surface area contributed by atoms with Crippen molar-refractivity contribution >= 4 is 16.0 Å². The maximum atomic E-state index is 4.25. The number of aliphatic imine (C=N–C) groups is 1. The largest absolute Gasteiger partial charge is 0.295 e. The Bertz CT molecular complexity index is 74.6. The average Bonchev–Trinajstić information content (AvgIpc) is 1.66. The van der Waals surface area contributed by atoms with E-state index in [1.165, 1.54) is 28.4 Å². The van der Waals surface area contributed by atoms with Crippen LogP contribution in [0.4, 0.5) is 0 Å². The van der Waals surface area contributed by atoms with Crippen molar-refractivity contribution in [1.29, 1.82) is 0 Å². The molecule has 48 valence electrons. The van der Waals surface area contributed by atoms with Crippen LogP contribution in [0.15, 0.2) is 4.99 Å². The summed E-state index contributed by atoms with van der Waals surface area (Å²) < 4.78 is 0. The van der Waals surface area contributed by atoms with Crippen molar-refractivity contribution in [3.8, 4) is 0 Å². The van der Waals surface area contributed by atoms with Gasteiger partial charge in [0, 0.05) is 22.5 Å². The highest BCUT2D eigenvalue weighted by atomic mass is 28.1. The molecule has 0 heterocycles. The Labute approximate surface area is 54.6 Å². The summed E-state index contributed by atoms with van der Waals surface area (Å²) in [7, 11) is 1.33. The Kier molecular flexibility index (Phi) is 4.96. The van der Waals surface area contributed by atoms with Crippen LogP contribution in [0.25, 0.3) is 0 Å². The van der Waals surface area contributed by atoms with Gasteiger partial charge in [0.25, 0.3) is 0 Å². The fourth-order valence-corrected chi connectivity index (χ4v) is 0.777. The van der Waals surface area contributed by atoms with Gasteiger partial charge in [0.15, 0.2) is 0 Å². The van der Waals surface area contributed by atoms with E-state index in [1.54, 1.807) is 0 Å². The maximum Gasteiger partial charge on any atom is 0.0385 e. The molecular weight excluding hydrogens is 114 g/mol. The predicted octanol–water partition coefficient (Wildman–Crippen LogP) is 0.641. The van der Waals surface area contributed by atoms with Gasteiger partial charge < -0.3 is 0 Å². The van der Waals surface area contributed by atoms with Gasteiger partial charge in [0.1, 0.15) is 0 Å². The highest BCUT2D eigenvalue weighted by Gasteiger charge is 1.78. The smallest absolute Gasteiger partial charge is 0.0385 e. The van der Waals surface area contributed by atoms with Crippen molar-refractivity contribution < 1.29 is 0 Å². The minimum atomic E-state index is 1.05. The highest BCUT2D eigenvalue weighted by molar-refractivity contribution is 6.08. The standard InChI is InChI=1S/C6H15NSi/c1-6(2)7-4-3-5-8/h3-5H2,1-2,8H3. The first kappa shape index (κ1) is 7.89. The van der Waals surface area contributed by atoms with Crippen LogP contribution in [0.2, 0.25) is 6.04 Å². The molecule has 0 amide bonds. The van der Waals surface area contributed by atoms with E-state index in [9.17, 15) is 0 Å². The van der Waals surface area contributed by atoms with Crippen LogP contribution in [-0.2, 0) is 0 Å². The third-order valence-corrected chi connectivity index (χ3v) is 1.65. The minimum Gasteiger partial charge on any atom is -0.295 e. The maximum absolute atomic E-state index is 4.25. The Hall–Kier alpha value is -0.113. The third kappa shape index (κ3) is 5.89. The van der Waals surface area contributed by atoms with E-state index >= 15 is 0 Å². The molecule has 0 aliphatic rings. The average molecular weight is 129 g/mol. The van der Waals surface area contributed by atoms with E-state index in [4.69, 9.17) is 0 Å². The van der Waals surface area contributed by atoms with Gasteiger partial charge in [-0.25, -0.2) is 0 Å². The van der Waals surface area contributed by atoms with Crippen molar-refractivity contribution in [2.75, 3.05) is 6.54 Å². The summed E-state index contributed by atoms with van der Waals surface area (Å²) in [6.45, 7) is 5.14. The molecule has 0 saturated carbocycles. The van der Waals surface area contributed by atoms with E-state index in [2.05, 4.69) is 4.99 Å². The van der Waals surface area contributed by atoms with E-state index < -0.39 is 0 Å². The van der Waals surface area contributed by atoms with E-state index in [1.807, 2.05) is 13.8 Å². The quantitative estimate of drug-likeness (QED) is 0.301. The predicted molar refractivity (Wildman–Crippen MR) is 43.0 cm³/mol. The van der Waals surface area contributed by atoms with Gasteiger partial charge in [-0.3, -0.25) is 4.99 Å². The van der Waals surface area contributed by atoms with Crippen LogP contribution in [0.1, 0.15) is 20.3 Å². The molecule has 0 spiro atoms. The van der Waals surface area contributed by atoms with Crippen LogP contribution in [0.5, 0.6) is 0 Å². The summed E-state index contributed by atoms with van der Waals surface area (Å²) in [5.74, 6) is 0. The molecule has 0 aromatic rings. The Morgan fingerprint density at radius 3 is 2.50 bits per heavy atom. The monoisotopic (exact) mass is 129 g/mol. The van der Waals surface area contributed by atoms with Gasteiger partial charge in [-0.2, -0.15) is 0 Å². The Morgan fingerprint density at radius 1 is 1.50 bits per heavy atom. The molecule has 0 fully saturated rings. The zero-order chi connectivity index (χ0) is 6.41. The van der Waals surface area contributed by atoms with Crippen LogP contribution in [-0.4, -0.2) is 22.5 Å². The summed E-state index contributed by atoms with van der Waals surface area (Å²) in [5, 5.41) is 0. The van der Waals surface area contributed by atoms with Gasteiger partial charge in [0.2, 0.25) is 0 Å². The molecule has 0 unspecified atom stereocenters. The van der Waals surface area contributed by atoms with Gasteiger partial charge in [-0.15, -0.1) is 0 Å². The molecule has 0 aliphatic heterocycles. The molecule has 8 heavy (non-hydrogen) atoms. The number of nitrogens with zero attached hydrogens (tertiary/aromatic N) is 1. The van der Waals surface area contributed by atoms with Gasteiger partial charge in [0.05, 0.1) is 0 Å². The van der Waals surface area contributed by atoms with Gasteiger partial charge in [-0.05, 0) is 20.3 Å². The topological polar surface area (TPSA) is 12.4 Å². The zero-order valence-electron chi connectivity index (χ0n) is 6.07. The summed E-state index contributed by atoms with van der Waals surface area (Å²) in [6, 6.07) is 1.39. The number of hydrogen-bond acceptors (Lipinski definition) is 1. The fraction of sp³-hybridized carbons (Fsp3) is 0.833. The number of rotatable bonds is 3. The van der Waals surface area contributed by atoms with E-state index in [0.29, 0.717) is 0 Å². The van der Waals surface area contributed by atoms with E-state index in [0.717, 1.165) is 6.54 Å². The fourth-order valence-electron chi connectivity index (χ4n) is 0.461. The molecular formula is C6H15NSi. The first-order valence-corrected chi connectivity index (χ1v) is 4.66. The van der Waals surface area contributed by atoms with E-state index in [-0.39, 0.29) is 0 Å². The molecule has 0 N–H and O–H groups in total. The second kappa shape index (κ2) is 5.03. The molecule has 0 aliphatic carbocycles. The van der Waals surface area contributed by atoms with Crippen molar-refractivity contribution in [1.82, 2.24) is 0 Å². The summed E-state index contributed by atoms with van der Waals surface area (Å²) in [5.41, 5.74) is 1.21. The molecule has 1 nitrogen and oxygen atoms in total. The molecule has 0 atom stereocenters. The first-order valence-electron chi connectivity index (χ1n) is 3.25. The van der Waals surface area contributed by atoms with Crippen molar-refractivity contribution in [3.05, 3.63) is 0 Å². The van der Waals surface area contributed by atoms with Gasteiger partial charge >= 0.3 is 0 Å². The molecule has 0 saturated heterocycles. The van der Waals surface area contributed by atoms with Crippen molar-refractivity contribution in [2.45, 2.75) is 26.3 Å². The Balaban J connectivity index is 3.03.